The van der Waals surface area contributed by atoms with Crippen molar-refractivity contribution in [3.8, 4) is 0 Å². The largest absolute Gasteiger partial charge is 0.378 e. The predicted molar refractivity (Wildman–Crippen MR) is 79.1 cm³/mol. The second-order valence-electron chi connectivity index (χ2n) is 6.07. The third-order valence-corrected chi connectivity index (χ3v) is 4.01. The summed E-state index contributed by atoms with van der Waals surface area (Å²) in [4.78, 5) is 2.38. The molecule has 0 aliphatic rings. The Labute approximate surface area is 109 Å². The van der Waals surface area contributed by atoms with E-state index in [4.69, 9.17) is 0 Å². The highest BCUT2D eigenvalue weighted by Crippen LogP contribution is 2.36. The smallest absolute Gasteiger partial charge is 0.0171 e. The standard InChI is InChI=1S/C16H33N/c1-8-12-16(6,9-2)15(5)17(7)13-10-11-14(3)4/h14H,5,8-13H2,1-4,6-7H3. The summed E-state index contributed by atoms with van der Waals surface area (Å²) in [6, 6.07) is 0. The van der Waals surface area contributed by atoms with Crippen LogP contribution in [0.2, 0.25) is 0 Å². The average Bonchev–Trinajstić information content (AvgIpc) is 2.27. The van der Waals surface area contributed by atoms with Gasteiger partial charge in [0.1, 0.15) is 0 Å². The Balaban J connectivity index is 4.26. The second-order valence-corrected chi connectivity index (χ2v) is 6.07. The van der Waals surface area contributed by atoms with E-state index in [1.165, 1.54) is 37.8 Å². The van der Waals surface area contributed by atoms with Crippen LogP contribution in [0.4, 0.5) is 0 Å². The Morgan fingerprint density at radius 2 is 1.88 bits per heavy atom. The lowest BCUT2D eigenvalue weighted by Crippen LogP contribution is -2.30. The summed E-state index contributed by atoms with van der Waals surface area (Å²) in [6.45, 7) is 17.0. The molecule has 0 aromatic heterocycles. The van der Waals surface area contributed by atoms with Crippen LogP contribution in [-0.2, 0) is 0 Å². The number of hydrogen-bond acceptors (Lipinski definition) is 1. The molecule has 17 heavy (non-hydrogen) atoms. The van der Waals surface area contributed by atoms with Crippen LogP contribution in [-0.4, -0.2) is 18.5 Å². The Kier molecular flexibility index (Phi) is 7.58. The first-order chi connectivity index (χ1) is 7.87. The maximum atomic E-state index is 4.34. The molecule has 1 atom stereocenters. The van der Waals surface area contributed by atoms with Crippen molar-refractivity contribution in [1.82, 2.24) is 4.90 Å². The molecular formula is C16H33N. The molecule has 102 valence electrons. The summed E-state index contributed by atoms with van der Waals surface area (Å²) in [7, 11) is 2.20. The van der Waals surface area contributed by atoms with Crippen LogP contribution in [0.1, 0.15) is 66.7 Å². The van der Waals surface area contributed by atoms with E-state index in [2.05, 4.69) is 53.1 Å². The summed E-state index contributed by atoms with van der Waals surface area (Å²) >= 11 is 0. The van der Waals surface area contributed by atoms with Gasteiger partial charge in [-0.1, -0.05) is 47.6 Å². The lowest BCUT2D eigenvalue weighted by molar-refractivity contribution is 0.243. The molecular weight excluding hydrogens is 206 g/mol. The van der Waals surface area contributed by atoms with E-state index in [0.717, 1.165) is 12.5 Å². The van der Waals surface area contributed by atoms with Gasteiger partial charge in [0.05, 0.1) is 0 Å². The Morgan fingerprint density at radius 1 is 1.29 bits per heavy atom. The van der Waals surface area contributed by atoms with Gasteiger partial charge < -0.3 is 4.90 Å². The highest BCUT2D eigenvalue weighted by atomic mass is 15.1. The van der Waals surface area contributed by atoms with E-state index in [-0.39, 0.29) is 0 Å². The van der Waals surface area contributed by atoms with E-state index in [1.54, 1.807) is 0 Å². The molecule has 0 aromatic carbocycles. The van der Waals surface area contributed by atoms with E-state index in [1.807, 2.05) is 0 Å². The van der Waals surface area contributed by atoms with Gasteiger partial charge in [0.15, 0.2) is 0 Å². The van der Waals surface area contributed by atoms with Crippen molar-refractivity contribution in [2.24, 2.45) is 11.3 Å². The summed E-state index contributed by atoms with van der Waals surface area (Å²) < 4.78 is 0. The first kappa shape index (κ1) is 16.5. The van der Waals surface area contributed by atoms with Crippen LogP contribution in [0.25, 0.3) is 0 Å². The average molecular weight is 239 g/mol. The molecule has 0 rings (SSSR count). The first-order valence-electron chi connectivity index (χ1n) is 7.27. The van der Waals surface area contributed by atoms with E-state index in [0.29, 0.717) is 5.41 Å². The zero-order chi connectivity index (χ0) is 13.5. The minimum Gasteiger partial charge on any atom is -0.378 e. The third-order valence-electron chi connectivity index (χ3n) is 4.01. The lowest BCUT2D eigenvalue weighted by Gasteiger charge is -2.37. The van der Waals surface area contributed by atoms with Crippen LogP contribution in [0.5, 0.6) is 0 Å². The van der Waals surface area contributed by atoms with Crippen LogP contribution >= 0.6 is 0 Å². The van der Waals surface area contributed by atoms with Crippen LogP contribution < -0.4 is 0 Å². The molecule has 0 aliphatic carbocycles. The van der Waals surface area contributed by atoms with Gasteiger partial charge in [0, 0.05) is 24.7 Å². The molecule has 0 fully saturated rings. The van der Waals surface area contributed by atoms with E-state index < -0.39 is 0 Å². The fourth-order valence-electron chi connectivity index (χ4n) is 2.41. The molecule has 1 nitrogen and oxygen atoms in total. The highest BCUT2D eigenvalue weighted by Gasteiger charge is 2.26. The van der Waals surface area contributed by atoms with E-state index in [9.17, 15) is 0 Å². The normalized spacial score (nSPS) is 14.8. The number of nitrogens with zero attached hydrogens (tertiary/aromatic N) is 1. The lowest BCUT2D eigenvalue weighted by atomic mass is 9.79. The molecule has 0 saturated heterocycles. The van der Waals surface area contributed by atoms with Gasteiger partial charge in [-0.25, -0.2) is 0 Å². The maximum Gasteiger partial charge on any atom is 0.0171 e. The van der Waals surface area contributed by atoms with Crippen molar-refractivity contribution in [3.63, 3.8) is 0 Å². The van der Waals surface area contributed by atoms with Crippen molar-refractivity contribution in [2.45, 2.75) is 66.7 Å². The highest BCUT2D eigenvalue weighted by molar-refractivity contribution is 5.06. The Morgan fingerprint density at radius 3 is 2.29 bits per heavy atom. The number of allylic oxidation sites excluding steroid dienone is 1. The summed E-state index contributed by atoms with van der Waals surface area (Å²) in [6.07, 6.45) is 6.27. The van der Waals surface area contributed by atoms with Crippen molar-refractivity contribution in [1.29, 1.82) is 0 Å². The second kappa shape index (κ2) is 7.79. The van der Waals surface area contributed by atoms with Gasteiger partial charge in [-0.3, -0.25) is 0 Å². The zero-order valence-corrected chi connectivity index (χ0v) is 13.0. The van der Waals surface area contributed by atoms with Crippen molar-refractivity contribution in [2.75, 3.05) is 13.6 Å². The minimum atomic E-state index is 0.293. The fourth-order valence-corrected chi connectivity index (χ4v) is 2.41. The maximum absolute atomic E-state index is 4.34. The van der Waals surface area contributed by atoms with Crippen LogP contribution in [0.15, 0.2) is 12.3 Å². The van der Waals surface area contributed by atoms with Gasteiger partial charge in [-0.15, -0.1) is 0 Å². The number of rotatable bonds is 9. The fraction of sp³-hybridized carbons (Fsp3) is 0.875. The SMILES string of the molecule is C=C(N(C)CCCC(C)C)C(C)(CC)CCC. The van der Waals surface area contributed by atoms with Crippen molar-refractivity contribution in [3.05, 3.63) is 12.3 Å². The molecule has 0 saturated carbocycles. The van der Waals surface area contributed by atoms with Gasteiger partial charge in [-0.05, 0) is 31.6 Å². The molecule has 0 bridgehead atoms. The van der Waals surface area contributed by atoms with Crippen molar-refractivity contribution < 1.29 is 0 Å². The molecule has 1 heteroatoms. The molecule has 0 spiro atoms. The zero-order valence-electron chi connectivity index (χ0n) is 13.0. The third kappa shape index (κ3) is 5.61. The van der Waals surface area contributed by atoms with Crippen molar-refractivity contribution >= 4 is 0 Å². The first-order valence-corrected chi connectivity index (χ1v) is 7.27. The van der Waals surface area contributed by atoms with Crippen LogP contribution in [0.3, 0.4) is 0 Å². The molecule has 0 N–H and O–H groups in total. The molecule has 0 aliphatic heterocycles. The molecule has 0 amide bonds. The van der Waals surface area contributed by atoms with Gasteiger partial charge >= 0.3 is 0 Å². The Bertz CT molecular complexity index is 220. The number of hydrogen-bond donors (Lipinski definition) is 0. The van der Waals surface area contributed by atoms with Crippen LogP contribution in [0, 0.1) is 11.3 Å². The molecule has 0 heterocycles. The van der Waals surface area contributed by atoms with E-state index >= 15 is 0 Å². The summed E-state index contributed by atoms with van der Waals surface area (Å²) in [5, 5.41) is 0. The quantitative estimate of drug-likeness (QED) is 0.542. The van der Waals surface area contributed by atoms with Gasteiger partial charge in [0.2, 0.25) is 0 Å². The molecule has 0 aromatic rings. The molecule has 0 radical (unpaired) electrons. The minimum absolute atomic E-state index is 0.293. The van der Waals surface area contributed by atoms with Gasteiger partial charge in [0.25, 0.3) is 0 Å². The topological polar surface area (TPSA) is 3.24 Å². The monoisotopic (exact) mass is 239 g/mol. The summed E-state index contributed by atoms with van der Waals surface area (Å²) in [5.74, 6) is 0.810. The predicted octanol–water partition coefficient (Wildman–Crippen LogP) is 5.08. The summed E-state index contributed by atoms with van der Waals surface area (Å²) in [5.41, 5.74) is 1.62. The molecule has 1 unspecified atom stereocenters. The Hall–Kier alpha value is -0.460. The van der Waals surface area contributed by atoms with Gasteiger partial charge in [-0.2, -0.15) is 0 Å².